The van der Waals surface area contributed by atoms with Gasteiger partial charge in [0, 0.05) is 6.61 Å². The van der Waals surface area contributed by atoms with Crippen molar-refractivity contribution in [1.82, 2.24) is 0 Å². The van der Waals surface area contributed by atoms with Gasteiger partial charge < -0.3 is 14.0 Å². The lowest BCUT2D eigenvalue weighted by Gasteiger charge is -2.03. The van der Waals surface area contributed by atoms with E-state index < -0.39 is 0 Å². The average Bonchev–Trinajstić information content (AvgIpc) is 2.50. The highest BCUT2D eigenvalue weighted by atomic mass is 16.8. The number of hydrogen-bond donors (Lipinski definition) is 0. The molecule has 0 aromatic rings. The third-order valence-electron chi connectivity index (χ3n) is 1.59. The summed E-state index contributed by atoms with van der Waals surface area (Å²) in [6.07, 6.45) is 3.53. The number of hydrogen-bond acceptors (Lipinski definition) is 3. The minimum absolute atomic E-state index is 0.383. The van der Waals surface area contributed by atoms with Crippen LogP contribution in [0.25, 0.3) is 0 Å². The van der Waals surface area contributed by atoms with Crippen LogP contribution in [0.2, 0.25) is 0 Å². The van der Waals surface area contributed by atoms with Gasteiger partial charge in [-0.1, -0.05) is 19.8 Å². The molecule has 64 valence electrons. The first kappa shape index (κ1) is 9.04. The molecule has 0 unspecified atom stereocenters. The number of rotatable bonds is 5. The van der Waals surface area contributed by atoms with Crippen LogP contribution in [0.3, 0.4) is 0 Å². The van der Waals surface area contributed by atoms with Crippen molar-refractivity contribution < 1.29 is 14.0 Å². The molecular weight excluding hydrogens is 143 g/mol. The Balaban J connectivity index is 1.86. The SMILES string of the molecule is CCCCCOB1OCCO1. The summed E-state index contributed by atoms with van der Waals surface area (Å²) in [5.74, 6) is 0. The van der Waals surface area contributed by atoms with E-state index in [1.807, 2.05) is 0 Å². The highest BCUT2D eigenvalue weighted by molar-refractivity contribution is 6.36. The van der Waals surface area contributed by atoms with Crippen LogP contribution in [0.15, 0.2) is 0 Å². The van der Waals surface area contributed by atoms with Gasteiger partial charge >= 0.3 is 7.32 Å². The molecule has 0 aliphatic carbocycles. The molecular formula is C7H15BO3. The van der Waals surface area contributed by atoms with Gasteiger partial charge in [-0.25, -0.2) is 0 Å². The third-order valence-corrected chi connectivity index (χ3v) is 1.59. The Morgan fingerprint density at radius 2 is 2.00 bits per heavy atom. The van der Waals surface area contributed by atoms with E-state index in [1.54, 1.807) is 0 Å². The van der Waals surface area contributed by atoms with E-state index in [1.165, 1.54) is 12.8 Å². The van der Waals surface area contributed by atoms with Crippen molar-refractivity contribution in [1.29, 1.82) is 0 Å². The van der Waals surface area contributed by atoms with Gasteiger partial charge in [0.15, 0.2) is 0 Å². The lowest BCUT2D eigenvalue weighted by atomic mass is 10.2. The molecule has 3 nitrogen and oxygen atoms in total. The molecule has 1 fully saturated rings. The third kappa shape index (κ3) is 3.75. The summed E-state index contributed by atoms with van der Waals surface area (Å²) in [5, 5.41) is 0. The molecule has 0 aromatic heterocycles. The Labute approximate surface area is 68.2 Å². The van der Waals surface area contributed by atoms with E-state index in [0.717, 1.165) is 13.0 Å². The Morgan fingerprint density at radius 3 is 2.64 bits per heavy atom. The average molecular weight is 158 g/mol. The molecule has 1 saturated heterocycles. The van der Waals surface area contributed by atoms with Crippen LogP contribution in [-0.4, -0.2) is 27.1 Å². The van der Waals surface area contributed by atoms with Crippen LogP contribution in [0.5, 0.6) is 0 Å². The van der Waals surface area contributed by atoms with Crippen LogP contribution in [0.4, 0.5) is 0 Å². The number of unbranched alkanes of at least 4 members (excludes halogenated alkanes) is 2. The molecule has 0 aromatic carbocycles. The van der Waals surface area contributed by atoms with Gasteiger partial charge in [0.1, 0.15) is 0 Å². The van der Waals surface area contributed by atoms with Gasteiger partial charge in [-0.3, -0.25) is 0 Å². The predicted octanol–water partition coefficient (Wildman–Crippen LogP) is 1.22. The van der Waals surface area contributed by atoms with Crippen molar-refractivity contribution in [2.45, 2.75) is 26.2 Å². The van der Waals surface area contributed by atoms with E-state index in [4.69, 9.17) is 14.0 Å². The second kappa shape index (κ2) is 5.58. The summed E-state index contributed by atoms with van der Waals surface area (Å²) in [4.78, 5) is 0. The van der Waals surface area contributed by atoms with Crippen LogP contribution >= 0.6 is 0 Å². The van der Waals surface area contributed by atoms with E-state index in [-0.39, 0.29) is 7.32 Å². The first-order valence-electron chi connectivity index (χ1n) is 4.28. The van der Waals surface area contributed by atoms with Crippen molar-refractivity contribution in [2.24, 2.45) is 0 Å². The molecule has 0 saturated carbocycles. The summed E-state index contributed by atoms with van der Waals surface area (Å²) in [6.45, 7) is 4.25. The molecule has 0 spiro atoms. The Bertz CT molecular complexity index is 93.7. The van der Waals surface area contributed by atoms with E-state index in [2.05, 4.69) is 6.92 Å². The molecule has 1 heterocycles. The molecule has 1 aliphatic rings. The fraction of sp³-hybridized carbons (Fsp3) is 1.00. The van der Waals surface area contributed by atoms with Crippen LogP contribution in [-0.2, 0) is 14.0 Å². The summed E-state index contributed by atoms with van der Waals surface area (Å²) in [7, 11) is -0.383. The van der Waals surface area contributed by atoms with Crippen molar-refractivity contribution >= 4 is 7.32 Å². The maximum absolute atomic E-state index is 5.26. The Morgan fingerprint density at radius 1 is 1.27 bits per heavy atom. The highest BCUT2D eigenvalue weighted by Crippen LogP contribution is 2.02. The second-order valence-electron chi connectivity index (χ2n) is 2.61. The molecule has 0 atom stereocenters. The monoisotopic (exact) mass is 158 g/mol. The Kier molecular flexibility index (Phi) is 4.58. The molecule has 0 bridgehead atoms. The normalized spacial score (nSPS) is 17.7. The van der Waals surface area contributed by atoms with Gasteiger partial charge in [0.25, 0.3) is 0 Å². The van der Waals surface area contributed by atoms with Gasteiger partial charge in [-0.15, -0.1) is 0 Å². The quantitative estimate of drug-likeness (QED) is 0.444. The van der Waals surface area contributed by atoms with Gasteiger partial charge in [-0.05, 0) is 6.42 Å². The predicted molar refractivity (Wildman–Crippen MR) is 43.1 cm³/mol. The van der Waals surface area contributed by atoms with E-state index in [0.29, 0.717) is 13.2 Å². The standard InChI is InChI=1S/C7H15BO3/c1-2-3-4-5-9-8-10-6-7-11-8/h2-7H2,1H3. The minimum Gasteiger partial charge on any atom is -0.386 e. The maximum atomic E-state index is 5.26. The van der Waals surface area contributed by atoms with Crippen molar-refractivity contribution in [3.05, 3.63) is 0 Å². The second-order valence-corrected chi connectivity index (χ2v) is 2.61. The lowest BCUT2D eigenvalue weighted by Crippen LogP contribution is -2.19. The summed E-state index contributed by atoms with van der Waals surface area (Å²) in [5.41, 5.74) is 0. The molecule has 11 heavy (non-hydrogen) atoms. The minimum atomic E-state index is -0.383. The lowest BCUT2D eigenvalue weighted by molar-refractivity contribution is 0.175. The highest BCUT2D eigenvalue weighted by Gasteiger charge is 2.25. The molecule has 0 radical (unpaired) electrons. The molecule has 0 amide bonds. The molecule has 0 N–H and O–H groups in total. The van der Waals surface area contributed by atoms with Crippen molar-refractivity contribution in [2.75, 3.05) is 19.8 Å². The largest absolute Gasteiger partial charge is 0.639 e. The van der Waals surface area contributed by atoms with Gasteiger partial charge in [0.05, 0.1) is 13.2 Å². The zero-order chi connectivity index (χ0) is 7.94. The summed E-state index contributed by atoms with van der Waals surface area (Å²) < 4.78 is 15.4. The van der Waals surface area contributed by atoms with Gasteiger partial charge in [-0.2, -0.15) is 0 Å². The fourth-order valence-electron chi connectivity index (χ4n) is 0.965. The molecule has 1 aliphatic heterocycles. The molecule has 4 heteroatoms. The van der Waals surface area contributed by atoms with E-state index >= 15 is 0 Å². The van der Waals surface area contributed by atoms with Crippen molar-refractivity contribution in [3.63, 3.8) is 0 Å². The zero-order valence-corrected chi connectivity index (χ0v) is 7.04. The van der Waals surface area contributed by atoms with Crippen LogP contribution < -0.4 is 0 Å². The molecule has 1 rings (SSSR count). The van der Waals surface area contributed by atoms with Crippen LogP contribution in [0.1, 0.15) is 26.2 Å². The maximum Gasteiger partial charge on any atom is 0.639 e. The fourth-order valence-corrected chi connectivity index (χ4v) is 0.965. The first-order chi connectivity index (χ1) is 5.43. The van der Waals surface area contributed by atoms with Gasteiger partial charge in [0.2, 0.25) is 0 Å². The summed E-state index contributed by atoms with van der Waals surface area (Å²) in [6, 6.07) is 0. The zero-order valence-electron chi connectivity index (χ0n) is 7.04. The van der Waals surface area contributed by atoms with Crippen molar-refractivity contribution in [3.8, 4) is 0 Å². The van der Waals surface area contributed by atoms with E-state index in [9.17, 15) is 0 Å². The van der Waals surface area contributed by atoms with Crippen LogP contribution in [0, 0.1) is 0 Å². The Hall–Kier alpha value is -0.0551. The first-order valence-corrected chi connectivity index (χ1v) is 4.28. The smallest absolute Gasteiger partial charge is 0.386 e. The topological polar surface area (TPSA) is 27.7 Å². The summed E-state index contributed by atoms with van der Waals surface area (Å²) >= 11 is 0.